The van der Waals surface area contributed by atoms with Crippen LogP contribution in [0.2, 0.25) is 0 Å². The fourth-order valence-corrected chi connectivity index (χ4v) is 2.43. The summed E-state index contributed by atoms with van der Waals surface area (Å²) in [6, 6.07) is 15.6. The zero-order valence-corrected chi connectivity index (χ0v) is 13.5. The zero-order chi connectivity index (χ0) is 15.2. The van der Waals surface area contributed by atoms with Crippen LogP contribution in [0, 0.1) is 0 Å². The molecule has 1 aliphatic heterocycles. The SMILES string of the molecule is Cl.O=C(OCc1ccccc1)N1CC=C(c2ccccn2)CC1. The van der Waals surface area contributed by atoms with Gasteiger partial charge < -0.3 is 9.64 Å². The van der Waals surface area contributed by atoms with Crippen molar-refractivity contribution in [3.05, 3.63) is 72.1 Å². The van der Waals surface area contributed by atoms with Crippen LogP contribution in [0.1, 0.15) is 17.7 Å². The summed E-state index contributed by atoms with van der Waals surface area (Å²) in [5.74, 6) is 0. The Bertz CT molecular complexity index is 659. The molecule has 0 N–H and O–H groups in total. The van der Waals surface area contributed by atoms with Crippen molar-refractivity contribution in [2.24, 2.45) is 0 Å². The number of benzene rings is 1. The summed E-state index contributed by atoms with van der Waals surface area (Å²) in [4.78, 5) is 18.1. The molecular weight excluding hydrogens is 312 g/mol. The van der Waals surface area contributed by atoms with Crippen LogP contribution in [0.5, 0.6) is 0 Å². The van der Waals surface area contributed by atoms with E-state index in [4.69, 9.17) is 4.74 Å². The second-order valence-corrected chi connectivity index (χ2v) is 5.18. The van der Waals surface area contributed by atoms with Gasteiger partial charge in [0.25, 0.3) is 0 Å². The Morgan fingerprint density at radius 2 is 1.91 bits per heavy atom. The van der Waals surface area contributed by atoms with Crippen LogP contribution >= 0.6 is 12.4 Å². The molecule has 1 aromatic heterocycles. The summed E-state index contributed by atoms with van der Waals surface area (Å²) in [7, 11) is 0. The van der Waals surface area contributed by atoms with E-state index in [0.717, 1.165) is 17.7 Å². The quantitative estimate of drug-likeness (QED) is 0.856. The molecular formula is C18H19ClN2O2. The molecule has 0 aliphatic carbocycles. The fraction of sp³-hybridized carbons (Fsp3) is 0.222. The van der Waals surface area contributed by atoms with E-state index >= 15 is 0 Å². The van der Waals surface area contributed by atoms with Gasteiger partial charge >= 0.3 is 6.09 Å². The maximum atomic E-state index is 12.1. The van der Waals surface area contributed by atoms with Gasteiger partial charge in [-0.15, -0.1) is 12.4 Å². The number of hydrogen-bond acceptors (Lipinski definition) is 3. The first-order valence-corrected chi connectivity index (χ1v) is 7.39. The third kappa shape index (κ3) is 4.57. The van der Waals surface area contributed by atoms with Crippen LogP contribution in [0.4, 0.5) is 4.79 Å². The molecule has 2 heterocycles. The highest BCUT2D eigenvalue weighted by Crippen LogP contribution is 2.20. The van der Waals surface area contributed by atoms with Crippen molar-refractivity contribution >= 4 is 24.1 Å². The molecule has 120 valence electrons. The van der Waals surface area contributed by atoms with Gasteiger partial charge in [0.05, 0.1) is 5.69 Å². The van der Waals surface area contributed by atoms with Gasteiger partial charge in [0.2, 0.25) is 0 Å². The molecule has 0 fully saturated rings. The number of hydrogen-bond donors (Lipinski definition) is 0. The predicted octanol–water partition coefficient (Wildman–Crippen LogP) is 3.93. The molecule has 0 radical (unpaired) electrons. The number of amides is 1. The minimum Gasteiger partial charge on any atom is -0.445 e. The van der Waals surface area contributed by atoms with E-state index in [0.29, 0.717) is 19.7 Å². The van der Waals surface area contributed by atoms with Gasteiger partial charge in [-0.2, -0.15) is 0 Å². The van der Waals surface area contributed by atoms with Crippen LogP contribution in [0.15, 0.2) is 60.8 Å². The highest BCUT2D eigenvalue weighted by atomic mass is 35.5. The average molecular weight is 331 g/mol. The summed E-state index contributed by atoms with van der Waals surface area (Å²) < 4.78 is 5.35. The first kappa shape index (κ1) is 17.0. The Hall–Kier alpha value is -2.33. The molecule has 0 atom stereocenters. The highest BCUT2D eigenvalue weighted by molar-refractivity contribution is 5.85. The molecule has 4 nitrogen and oxygen atoms in total. The zero-order valence-electron chi connectivity index (χ0n) is 12.7. The number of carbonyl (C=O) groups excluding carboxylic acids is 1. The summed E-state index contributed by atoms with van der Waals surface area (Å²) >= 11 is 0. The van der Waals surface area contributed by atoms with E-state index in [1.807, 2.05) is 48.5 Å². The third-order valence-corrected chi connectivity index (χ3v) is 3.67. The molecule has 1 aliphatic rings. The van der Waals surface area contributed by atoms with Crippen molar-refractivity contribution in [1.29, 1.82) is 0 Å². The topological polar surface area (TPSA) is 42.4 Å². The smallest absolute Gasteiger partial charge is 0.410 e. The molecule has 0 saturated heterocycles. The van der Waals surface area contributed by atoms with Crippen molar-refractivity contribution in [3.63, 3.8) is 0 Å². The van der Waals surface area contributed by atoms with Gasteiger partial charge in [-0.05, 0) is 29.7 Å². The summed E-state index contributed by atoms with van der Waals surface area (Å²) in [5.41, 5.74) is 3.17. The average Bonchev–Trinajstić information content (AvgIpc) is 2.61. The van der Waals surface area contributed by atoms with E-state index in [1.165, 1.54) is 5.57 Å². The number of pyridine rings is 1. The van der Waals surface area contributed by atoms with Gasteiger partial charge in [0.1, 0.15) is 6.61 Å². The van der Waals surface area contributed by atoms with Crippen LogP contribution in [-0.2, 0) is 11.3 Å². The Labute approximate surface area is 142 Å². The first-order chi connectivity index (χ1) is 10.8. The normalized spacial score (nSPS) is 13.7. The molecule has 3 rings (SSSR count). The number of aromatic nitrogens is 1. The van der Waals surface area contributed by atoms with Crippen molar-refractivity contribution in [1.82, 2.24) is 9.88 Å². The number of rotatable bonds is 3. The number of carbonyl (C=O) groups is 1. The van der Waals surface area contributed by atoms with Gasteiger partial charge in [0, 0.05) is 19.3 Å². The summed E-state index contributed by atoms with van der Waals surface area (Å²) in [5, 5.41) is 0. The van der Waals surface area contributed by atoms with Crippen molar-refractivity contribution in [2.75, 3.05) is 13.1 Å². The minimum absolute atomic E-state index is 0. The predicted molar refractivity (Wildman–Crippen MR) is 92.3 cm³/mol. The van der Waals surface area contributed by atoms with Crippen LogP contribution in [0.3, 0.4) is 0 Å². The number of nitrogens with zero attached hydrogens (tertiary/aromatic N) is 2. The molecule has 0 spiro atoms. The molecule has 0 bridgehead atoms. The van der Waals surface area contributed by atoms with Gasteiger partial charge in [-0.3, -0.25) is 4.98 Å². The van der Waals surface area contributed by atoms with E-state index in [1.54, 1.807) is 11.1 Å². The lowest BCUT2D eigenvalue weighted by molar-refractivity contribution is 0.0998. The van der Waals surface area contributed by atoms with E-state index < -0.39 is 0 Å². The molecule has 2 aromatic rings. The molecule has 5 heteroatoms. The van der Waals surface area contributed by atoms with E-state index in [9.17, 15) is 4.79 Å². The Morgan fingerprint density at radius 3 is 2.57 bits per heavy atom. The van der Waals surface area contributed by atoms with Gasteiger partial charge in [0.15, 0.2) is 0 Å². The lowest BCUT2D eigenvalue weighted by atomic mass is 10.0. The largest absolute Gasteiger partial charge is 0.445 e. The second kappa shape index (κ2) is 8.34. The Morgan fingerprint density at radius 1 is 1.13 bits per heavy atom. The van der Waals surface area contributed by atoms with Gasteiger partial charge in [-0.25, -0.2) is 4.79 Å². The van der Waals surface area contributed by atoms with E-state index in [2.05, 4.69) is 11.1 Å². The van der Waals surface area contributed by atoms with E-state index in [-0.39, 0.29) is 18.5 Å². The molecule has 0 saturated carbocycles. The summed E-state index contributed by atoms with van der Waals surface area (Å²) in [6.45, 7) is 1.54. The van der Waals surface area contributed by atoms with Crippen LogP contribution in [-0.4, -0.2) is 29.1 Å². The fourth-order valence-electron chi connectivity index (χ4n) is 2.43. The second-order valence-electron chi connectivity index (χ2n) is 5.18. The highest BCUT2D eigenvalue weighted by Gasteiger charge is 2.19. The Balaban J connectivity index is 0.00000192. The first-order valence-electron chi connectivity index (χ1n) is 7.39. The lowest BCUT2D eigenvalue weighted by Gasteiger charge is -2.25. The monoisotopic (exact) mass is 330 g/mol. The van der Waals surface area contributed by atoms with Crippen LogP contribution in [0.25, 0.3) is 5.57 Å². The maximum absolute atomic E-state index is 12.1. The van der Waals surface area contributed by atoms with Crippen LogP contribution < -0.4 is 0 Å². The molecule has 0 unspecified atom stereocenters. The molecule has 1 amide bonds. The summed E-state index contributed by atoms with van der Waals surface area (Å²) in [6.07, 6.45) is 4.38. The number of halogens is 1. The van der Waals surface area contributed by atoms with Gasteiger partial charge in [-0.1, -0.05) is 42.5 Å². The molecule has 1 aromatic carbocycles. The number of ether oxygens (including phenoxy) is 1. The standard InChI is InChI=1S/C18H18N2O2.ClH/c21-18(22-14-15-6-2-1-3-7-15)20-12-9-16(10-13-20)17-8-4-5-11-19-17;/h1-9,11H,10,12-14H2;1H. The molecule has 23 heavy (non-hydrogen) atoms. The van der Waals surface area contributed by atoms with Crippen molar-refractivity contribution in [3.8, 4) is 0 Å². The van der Waals surface area contributed by atoms with Crippen molar-refractivity contribution in [2.45, 2.75) is 13.0 Å². The van der Waals surface area contributed by atoms with Crippen molar-refractivity contribution < 1.29 is 9.53 Å². The lowest BCUT2D eigenvalue weighted by Crippen LogP contribution is -2.35. The minimum atomic E-state index is -0.264. The third-order valence-electron chi connectivity index (χ3n) is 3.67. The maximum Gasteiger partial charge on any atom is 0.410 e. The Kier molecular flexibility index (Phi) is 6.18.